The number of thioether (sulfide) groups is 1. The van der Waals surface area contributed by atoms with Gasteiger partial charge in [-0.1, -0.05) is 12.1 Å². The molecule has 26 heavy (non-hydrogen) atoms. The summed E-state index contributed by atoms with van der Waals surface area (Å²) in [4.78, 5) is 22.9. The third kappa shape index (κ3) is 4.30. The molecule has 0 N–H and O–H groups in total. The molecule has 0 bridgehead atoms. The summed E-state index contributed by atoms with van der Waals surface area (Å²) in [5, 5.41) is 0. The van der Waals surface area contributed by atoms with Crippen LogP contribution in [0.3, 0.4) is 0 Å². The summed E-state index contributed by atoms with van der Waals surface area (Å²) in [6, 6.07) is 7.90. The van der Waals surface area contributed by atoms with Crippen LogP contribution in [0.1, 0.15) is 34.9 Å². The molecule has 1 aliphatic rings. The third-order valence-corrected chi connectivity index (χ3v) is 5.74. The Morgan fingerprint density at radius 2 is 2.15 bits per heavy atom. The van der Waals surface area contributed by atoms with Gasteiger partial charge < -0.3 is 14.4 Å². The molecule has 0 aliphatic carbocycles. The number of carbonyl (C=O) groups excluding carboxylic acids is 1. The molecule has 1 aromatic heterocycles. The van der Waals surface area contributed by atoms with Crippen LogP contribution in [0.4, 0.5) is 0 Å². The van der Waals surface area contributed by atoms with Crippen LogP contribution in [0.15, 0.2) is 41.6 Å². The highest BCUT2D eigenvalue weighted by molar-refractivity contribution is 7.98. The molecule has 2 heterocycles. The number of carbonyl (C=O) groups is 1. The zero-order valence-electron chi connectivity index (χ0n) is 15.9. The van der Waals surface area contributed by atoms with E-state index in [9.17, 15) is 4.79 Å². The molecule has 1 fully saturated rings. The normalized spacial score (nSPS) is 17.7. The molecule has 6 heteroatoms. The molecule has 140 valence electrons. The Morgan fingerprint density at radius 1 is 1.35 bits per heavy atom. The Labute approximate surface area is 160 Å². The smallest absolute Gasteiger partial charge is 0.255 e. The average molecular weight is 373 g/mol. The van der Waals surface area contributed by atoms with Crippen molar-refractivity contribution in [1.29, 1.82) is 0 Å². The van der Waals surface area contributed by atoms with Gasteiger partial charge in [-0.15, -0.1) is 11.8 Å². The first-order chi connectivity index (χ1) is 12.6. The predicted molar refractivity (Wildman–Crippen MR) is 107 cm³/mol. The molecule has 0 spiro atoms. The monoisotopic (exact) mass is 372 g/mol. The van der Waals surface area contributed by atoms with Gasteiger partial charge >= 0.3 is 0 Å². The van der Waals surface area contributed by atoms with Gasteiger partial charge in [-0.2, -0.15) is 0 Å². The number of aromatic nitrogens is 2. The number of rotatable bonds is 6. The van der Waals surface area contributed by atoms with Crippen LogP contribution in [0.5, 0.6) is 0 Å². The van der Waals surface area contributed by atoms with Gasteiger partial charge in [0.15, 0.2) is 0 Å². The van der Waals surface area contributed by atoms with Crippen LogP contribution < -0.4 is 0 Å². The van der Waals surface area contributed by atoms with E-state index in [0.29, 0.717) is 5.92 Å². The van der Waals surface area contributed by atoms with Gasteiger partial charge in [-0.25, -0.2) is 4.98 Å². The van der Waals surface area contributed by atoms with Crippen molar-refractivity contribution in [3.8, 4) is 0 Å². The van der Waals surface area contributed by atoms with Crippen molar-refractivity contribution in [3.63, 3.8) is 0 Å². The van der Waals surface area contributed by atoms with Crippen molar-refractivity contribution in [3.05, 3.63) is 48.0 Å². The highest BCUT2D eigenvalue weighted by Gasteiger charge is 2.28. The van der Waals surface area contributed by atoms with Gasteiger partial charge in [0, 0.05) is 49.4 Å². The van der Waals surface area contributed by atoms with Gasteiger partial charge in [0.1, 0.15) is 5.82 Å². The third-order valence-electron chi connectivity index (χ3n) is 4.95. The molecular formula is C20H28N4OS. The Hall–Kier alpha value is -1.79. The number of hydrogen-bond donors (Lipinski definition) is 0. The van der Waals surface area contributed by atoms with E-state index in [2.05, 4.69) is 34.7 Å². The lowest BCUT2D eigenvalue weighted by atomic mass is 9.96. The minimum atomic E-state index is 0.144. The quantitative estimate of drug-likeness (QED) is 0.731. The van der Waals surface area contributed by atoms with Crippen molar-refractivity contribution in [2.75, 3.05) is 40.0 Å². The summed E-state index contributed by atoms with van der Waals surface area (Å²) in [5.41, 5.74) is 0.816. The molecule has 0 saturated carbocycles. The van der Waals surface area contributed by atoms with E-state index >= 15 is 0 Å². The molecule has 1 unspecified atom stereocenters. The van der Waals surface area contributed by atoms with Crippen molar-refractivity contribution in [1.82, 2.24) is 19.4 Å². The summed E-state index contributed by atoms with van der Waals surface area (Å²) in [6.07, 6.45) is 8.08. The van der Waals surface area contributed by atoms with E-state index in [1.54, 1.807) is 11.8 Å². The molecule has 1 aliphatic heterocycles. The molecular weight excluding hydrogens is 344 g/mol. The summed E-state index contributed by atoms with van der Waals surface area (Å²) in [7, 11) is 4.17. The summed E-state index contributed by atoms with van der Waals surface area (Å²) >= 11 is 1.63. The lowest BCUT2D eigenvalue weighted by molar-refractivity contribution is 0.0699. The number of amides is 1. The average Bonchev–Trinajstić information content (AvgIpc) is 3.14. The lowest BCUT2D eigenvalue weighted by Gasteiger charge is -2.33. The summed E-state index contributed by atoms with van der Waals surface area (Å²) in [6.45, 7) is 3.50. The molecule has 1 saturated heterocycles. The van der Waals surface area contributed by atoms with E-state index in [0.717, 1.165) is 55.3 Å². The van der Waals surface area contributed by atoms with E-state index in [1.165, 1.54) is 0 Å². The van der Waals surface area contributed by atoms with E-state index in [1.807, 2.05) is 41.6 Å². The topological polar surface area (TPSA) is 41.4 Å². The van der Waals surface area contributed by atoms with E-state index in [-0.39, 0.29) is 5.91 Å². The molecule has 5 nitrogen and oxygen atoms in total. The van der Waals surface area contributed by atoms with Crippen LogP contribution in [0.25, 0.3) is 0 Å². The zero-order valence-corrected chi connectivity index (χ0v) is 16.7. The maximum Gasteiger partial charge on any atom is 0.255 e. The number of piperidine rings is 1. The first-order valence-corrected chi connectivity index (χ1v) is 10.4. The summed E-state index contributed by atoms with van der Waals surface area (Å²) in [5.74, 6) is 1.57. The number of hydrogen-bond acceptors (Lipinski definition) is 4. The predicted octanol–water partition coefficient (Wildman–Crippen LogP) is 3.19. The highest BCUT2D eigenvalue weighted by Crippen LogP contribution is 2.28. The SMILES string of the molecule is CSc1ccccc1C(=O)N1CCCC(c2nccn2CCN(C)C)C1. The van der Waals surface area contributed by atoms with Crippen LogP contribution in [0, 0.1) is 0 Å². The molecule has 1 amide bonds. The fourth-order valence-electron chi connectivity index (χ4n) is 3.54. The summed E-state index contributed by atoms with van der Waals surface area (Å²) < 4.78 is 2.24. The van der Waals surface area contributed by atoms with Crippen molar-refractivity contribution < 1.29 is 4.79 Å². The molecule has 1 atom stereocenters. The van der Waals surface area contributed by atoms with Gasteiger partial charge in [0.25, 0.3) is 5.91 Å². The Balaban J connectivity index is 1.74. The standard InChI is InChI=1S/C20H28N4OS/c1-22(2)13-14-23-12-10-21-19(23)16-7-6-11-24(15-16)20(25)17-8-4-5-9-18(17)26-3/h4-5,8-10,12,16H,6-7,11,13-15H2,1-3H3. The van der Waals surface area contributed by atoms with Crippen molar-refractivity contribution in [2.45, 2.75) is 30.2 Å². The number of imidazole rings is 1. The Kier molecular flexibility index (Phi) is 6.38. The van der Waals surface area contributed by atoms with Crippen LogP contribution >= 0.6 is 11.8 Å². The molecule has 0 radical (unpaired) electrons. The molecule has 3 rings (SSSR count). The second-order valence-corrected chi connectivity index (χ2v) is 7.92. The van der Waals surface area contributed by atoms with Gasteiger partial charge in [0.05, 0.1) is 5.56 Å². The number of likely N-dealkylation sites (N-methyl/N-ethyl adjacent to an activating group) is 1. The number of likely N-dealkylation sites (tertiary alicyclic amines) is 1. The van der Waals surface area contributed by atoms with Crippen LogP contribution in [0.2, 0.25) is 0 Å². The fourth-order valence-corrected chi connectivity index (χ4v) is 4.13. The number of nitrogens with zero attached hydrogens (tertiary/aromatic N) is 4. The minimum absolute atomic E-state index is 0.144. The van der Waals surface area contributed by atoms with Crippen LogP contribution in [-0.4, -0.2) is 65.2 Å². The van der Waals surface area contributed by atoms with Crippen molar-refractivity contribution in [2.24, 2.45) is 0 Å². The Morgan fingerprint density at radius 3 is 2.92 bits per heavy atom. The second-order valence-electron chi connectivity index (χ2n) is 7.07. The molecule has 1 aromatic carbocycles. The first kappa shape index (κ1) is 19.0. The van der Waals surface area contributed by atoms with Crippen LogP contribution in [-0.2, 0) is 6.54 Å². The zero-order chi connectivity index (χ0) is 18.5. The lowest BCUT2D eigenvalue weighted by Crippen LogP contribution is -2.40. The van der Waals surface area contributed by atoms with Gasteiger partial charge in [-0.3, -0.25) is 4.79 Å². The van der Waals surface area contributed by atoms with Crippen molar-refractivity contribution >= 4 is 17.7 Å². The van der Waals surface area contributed by atoms with Gasteiger partial charge in [0.2, 0.25) is 0 Å². The van der Waals surface area contributed by atoms with E-state index in [4.69, 9.17) is 0 Å². The molecule has 2 aromatic rings. The van der Waals surface area contributed by atoms with E-state index < -0.39 is 0 Å². The maximum absolute atomic E-state index is 13.1. The van der Waals surface area contributed by atoms with Gasteiger partial charge in [-0.05, 0) is 45.3 Å². The maximum atomic E-state index is 13.1. The fraction of sp³-hybridized carbons (Fsp3) is 0.500. The minimum Gasteiger partial charge on any atom is -0.338 e. The largest absolute Gasteiger partial charge is 0.338 e. The second kappa shape index (κ2) is 8.73. The number of benzene rings is 1. The Bertz CT molecular complexity index is 743. The highest BCUT2D eigenvalue weighted by atomic mass is 32.2. The first-order valence-electron chi connectivity index (χ1n) is 9.18.